The van der Waals surface area contributed by atoms with Crippen LogP contribution in [0.4, 0.5) is 0 Å². The third-order valence-electron chi connectivity index (χ3n) is 18.7. The predicted molar refractivity (Wildman–Crippen MR) is 374 cm³/mol. The first kappa shape index (κ1) is 76.3. The van der Waals surface area contributed by atoms with Crippen LogP contribution in [0.15, 0.2) is 106 Å². The Bertz CT molecular complexity index is 4280. The number of carboxylic acid groups (broad SMARTS) is 1. The van der Waals surface area contributed by atoms with Gasteiger partial charge in [-0.1, -0.05) is 38.5 Å². The summed E-state index contributed by atoms with van der Waals surface area (Å²) in [5.41, 5.74) is 9.42. The Morgan fingerprint density at radius 2 is 0.858 bits per heavy atom. The van der Waals surface area contributed by atoms with Crippen molar-refractivity contribution in [1.82, 2.24) is 122 Å². The summed E-state index contributed by atoms with van der Waals surface area (Å²) in [6, 6.07) is -7.18. The summed E-state index contributed by atoms with van der Waals surface area (Å²) in [5.74, 6) is -10.4. The number of hydrogen-bond donors (Lipinski definition) is 18. The number of fused-ring (bicyclic) bond motifs is 1. The van der Waals surface area contributed by atoms with Crippen LogP contribution in [0.5, 0.6) is 0 Å². The van der Waals surface area contributed by atoms with Crippen molar-refractivity contribution in [2.45, 2.75) is 164 Å². The van der Waals surface area contributed by atoms with Crippen molar-refractivity contribution in [3.8, 4) is 0 Å². The molecule has 38 heteroatoms. The average molecular weight is 1460 g/mol. The Balaban J connectivity index is 0.867. The van der Waals surface area contributed by atoms with Crippen LogP contribution in [0.3, 0.4) is 0 Å². The smallest absolute Gasteiger partial charge is 0.326 e. The van der Waals surface area contributed by atoms with Gasteiger partial charge in [-0.15, -0.1) is 0 Å². The number of likely N-dealkylation sites (tertiary alicyclic amines) is 2. The molecule has 10 rings (SSSR count). The Labute approximate surface area is 605 Å². The number of aromatic nitrogens is 13. The van der Waals surface area contributed by atoms with Gasteiger partial charge in [0.25, 0.3) is 0 Å². The normalized spacial score (nSPS) is 17.1. The van der Waals surface area contributed by atoms with Gasteiger partial charge in [0, 0.05) is 146 Å². The number of carbonyl (C=O) groups excluding carboxylic acids is 11. The largest absolute Gasteiger partial charge is 0.480 e. The van der Waals surface area contributed by atoms with Gasteiger partial charge in [-0.25, -0.2) is 34.7 Å². The molecule has 0 spiro atoms. The topological polar surface area (TPSA) is 554 Å². The zero-order valence-corrected chi connectivity index (χ0v) is 58.4. The number of carboxylic acids is 1. The molecule has 0 radical (unpaired) electrons. The quantitative estimate of drug-likeness (QED) is 0.0184. The molecule has 19 N–H and O–H groups in total. The highest BCUT2D eigenvalue weighted by Crippen LogP contribution is 2.26. The third kappa shape index (κ3) is 20.3. The molecule has 11 amide bonds. The molecule has 7 aromatic heterocycles. The monoisotopic (exact) mass is 1460 g/mol. The average Bonchev–Trinajstić information content (AvgIpc) is 1.76. The molecule has 12 atom stereocenters. The van der Waals surface area contributed by atoms with Crippen molar-refractivity contribution in [3.63, 3.8) is 0 Å². The van der Waals surface area contributed by atoms with E-state index in [9.17, 15) is 43.5 Å². The maximum atomic E-state index is 15.3. The molecular weight excluding hydrogens is 1370 g/mol. The second kappa shape index (κ2) is 36.2. The first-order valence-electron chi connectivity index (χ1n) is 34.8. The van der Waals surface area contributed by atoms with Gasteiger partial charge < -0.3 is 103 Å². The van der Waals surface area contributed by atoms with E-state index in [0.29, 0.717) is 89.3 Å². The lowest BCUT2D eigenvalue weighted by molar-refractivity contribution is -0.147. The maximum absolute atomic E-state index is 15.3. The number of H-pyrrole nitrogens is 7. The predicted octanol–water partition coefficient (Wildman–Crippen LogP) is -3.04. The molecule has 2 saturated heterocycles. The molecule has 9 heterocycles. The van der Waals surface area contributed by atoms with Gasteiger partial charge in [-0.2, -0.15) is 0 Å². The fraction of sp³-hybridized carbons (Fsp3) is 0.441. The number of aromatic amines is 7. The number of nitrogens with zero attached hydrogens (tertiary/aromatic N) is 8. The Hall–Kier alpha value is -12.4. The minimum atomic E-state index is -1.55. The summed E-state index contributed by atoms with van der Waals surface area (Å²) < 4.78 is 0. The molecule has 0 unspecified atom stereocenters. The van der Waals surface area contributed by atoms with E-state index in [2.05, 4.69) is 113 Å². The van der Waals surface area contributed by atoms with Crippen molar-refractivity contribution in [1.29, 1.82) is 0 Å². The highest BCUT2D eigenvalue weighted by Gasteiger charge is 2.44. The van der Waals surface area contributed by atoms with Gasteiger partial charge in [0.15, 0.2) is 0 Å². The summed E-state index contributed by atoms with van der Waals surface area (Å²) in [7, 11) is 0. The SMILES string of the molecule is CC[C@H](C)[C@H](NC(=O)[C@H](Cc1cnc[nH]1)NC(=O)[C@H](Cc1c[nH]c2ccccc12)NC(=O)[C@H](Cc1cnc[nH]1)NC(=O)[C@H](Cc1cnc[nH]1)NC(=O)[C@H](Cc1cnc[nH]1)NC(=O)CNC(=O)[C@@H]1CCCN1C(=O)[C@@H]1CCCN1C(=O)[C@H](C)N)C(=O)N[C@@H](Cc1cnc[nH]1)C(=O)N[C@@H](Cc1cnc[nH]1)C(=O)O. The maximum Gasteiger partial charge on any atom is 0.326 e. The number of nitrogens with two attached hydrogens (primary N) is 1. The zero-order valence-electron chi connectivity index (χ0n) is 58.4. The van der Waals surface area contributed by atoms with Crippen LogP contribution in [-0.2, 0) is 102 Å². The van der Waals surface area contributed by atoms with E-state index >= 15 is 19.2 Å². The Kier molecular flexibility index (Phi) is 26.0. The molecule has 0 aliphatic carbocycles. The molecule has 8 aromatic rings. The van der Waals surface area contributed by atoms with Gasteiger partial charge in [-0.05, 0) is 50.2 Å². The van der Waals surface area contributed by atoms with E-state index in [1.807, 2.05) is 6.07 Å². The summed E-state index contributed by atoms with van der Waals surface area (Å²) in [5, 5.41) is 35.2. The van der Waals surface area contributed by atoms with E-state index in [1.165, 1.54) is 91.9 Å². The lowest BCUT2D eigenvalue weighted by Crippen LogP contribution is -2.62. The molecule has 0 bridgehead atoms. The number of carbonyl (C=O) groups is 12. The first-order chi connectivity index (χ1) is 51.1. The van der Waals surface area contributed by atoms with E-state index in [1.54, 1.807) is 38.2 Å². The van der Waals surface area contributed by atoms with E-state index in [4.69, 9.17) is 5.73 Å². The van der Waals surface area contributed by atoms with Gasteiger partial charge in [0.2, 0.25) is 65.0 Å². The summed E-state index contributed by atoms with van der Waals surface area (Å²) in [4.78, 5) is 219. The number of amides is 11. The molecule has 562 valence electrons. The van der Waals surface area contributed by atoms with Crippen molar-refractivity contribution in [2.75, 3.05) is 19.6 Å². The minimum absolute atomic E-state index is 0.171. The van der Waals surface area contributed by atoms with E-state index in [0.717, 1.165) is 0 Å². The lowest BCUT2D eigenvalue weighted by atomic mass is 9.96. The number of benzene rings is 1. The number of para-hydroxylation sites is 1. The van der Waals surface area contributed by atoms with Crippen LogP contribution in [-0.4, -0.2) is 237 Å². The highest BCUT2D eigenvalue weighted by atomic mass is 16.4. The van der Waals surface area contributed by atoms with Gasteiger partial charge >= 0.3 is 5.97 Å². The van der Waals surface area contributed by atoms with Crippen molar-refractivity contribution in [2.24, 2.45) is 11.7 Å². The van der Waals surface area contributed by atoms with Crippen LogP contribution < -0.4 is 53.6 Å². The van der Waals surface area contributed by atoms with Crippen LogP contribution in [0.2, 0.25) is 0 Å². The molecule has 38 nitrogen and oxygen atoms in total. The van der Waals surface area contributed by atoms with Crippen LogP contribution >= 0.6 is 0 Å². The van der Waals surface area contributed by atoms with E-state index in [-0.39, 0.29) is 57.4 Å². The summed E-state index contributed by atoms with van der Waals surface area (Å²) in [6.45, 7) is 4.96. The summed E-state index contributed by atoms with van der Waals surface area (Å²) >= 11 is 0. The molecule has 2 aliphatic rings. The number of aliphatic carboxylic acids is 1. The molecular formula is C68H87N25O13. The number of imidazole rings is 6. The molecule has 0 saturated carbocycles. The third-order valence-corrected chi connectivity index (χ3v) is 18.7. The molecule has 106 heavy (non-hydrogen) atoms. The van der Waals surface area contributed by atoms with Crippen LogP contribution in [0.25, 0.3) is 10.9 Å². The van der Waals surface area contributed by atoms with Gasteiger partial charge in [-0.3, -0.25) is 52.7 Å². The minimum Gasteiger partial charge on any atom is -0.480 e. The van der Waals surface area contributed by atoms with E-state index < -0.39 is 144 Å². The first-order valence-corrected chi connectivity index (χ1v) is 34.8. The van der Waals surface area contributed by atoms with Crippen LogP contribution in [0, 0.1) is 5.92 Å². The van der Waals surface area contributed by atoms with Gasteiger partial charge in [0.1, 0.15) is 60.4 Å². The number of hydrogen-bond acceptors (Lipinski definition) is 19. The van der Waals surface area contributed by atoms with Gasteiger partial charge in [0.05, 0.1) is 50.6 Å². The molecule has 2 aliphatic heterocycles. The fourth-order valence-electron chi connectivity index (χ4n) is 12.8. The lowest BCUT2D eigenvalue weighted by Gasteiger charge is -2.31. The number of nitrogens with one attached hydrogen (secondary N) is 16. The Morgan fingerprint density at radius 3 is 1.27 bits per heavy atom. The number of rotatable bonds is 37. The fourth-order valence-corrected chi connectivity index (χ4v) is 12.8. The second-order valence-corrected chi connectivity index (χ2v) is 26.3. The van der Waals surface area contributed by atoms with Crippen molar-refractivity contribution < 1.29 is 62.6 Å². The molecule has 1 aromatic carbocycles. The van der Waals surface area contributed by atoms with Crippen LogP contribution in [0.1, 0.15) is 92.6 Å². The zero-order chi connectivity index (χ0) is 75.4. The second-order valence-electron chi connectivity index (χ2n) is 26.3. The summed E-state index contributed by atoms with van der Waals surface area (Å²) in [6.07, 6.45) is 18.8. The standard InChI is InChI=1S/C68H87N25O13/c1-4-36(2)57(65(102)89-51(19-42-26-73-33-81-42)62(99)90-53(68(105)106)21-44-28-75-35-83-44)91-63(100)52(20-43-27-74-34-82-43)88-58(95)47(15-38-22-76-46-10-6-5-9-45(38)46)85-60(97)49(17-40-24-71-31-79-40)87-61(98)50(18-41-25-72-32-80-41)86-59(96)48(16-39-23-70-30-78-39)84-56(94)29-77-64(101)54-11-7-13-92(54)67(104)55-12-8-14-93(55)66(103)37(3)69/h5-6,9-10,22-28,30-37,47-55,57,76H,4,7-8,11-21,29,69H2,1-3H3,(H,70,78)(H,71,79)(H,72,80)(H,73,81)(H,74,82)(H,75,83)(H,77,101)(H,84,94)(H,85,97)(H,86,96)(H,87,98)(H,88,95)(H,89,102)(H,90,99)(H,91,100)(H,105,106)/t36-,37-,47-,48-,49-,50-,51-,52-,53-,54-,55-,57-/m0/s1. The van der Waals surface area contributed by atoms with Crippen molar-refractivity contribution >= 4 is 81.9 Å². The highest BCUT2D eigenvalue weighted by molar-refractivity contribution is 6.00. The molecule has 2 fully saturated rings. The van der Waals surface area contributed by atoms with Crippen molar-refractivity contribution in [3.05, 3.63) is 145 Å². The Morgan fingerprint density at radius 1 is 0.481 bits per heavy atom.